The van der Waals surface area contributed by atoms with Crippen LogP contribution in [0.25, 0.3) is 10.1 Å². The zero-order valence-corrected chi connectivity index (χ0v) is 19.5. The zero-order chi connectivity index (χ0) is 21.5. The molecule has 3 aromatic rings. The first-order chi connectivity index (χ1) is 15.2. The number of ether oxygens (including phenoxy) is 1. The van der Waals surface area contributed by atoms with Crippen molar-refractivity contribution in [3.05, 3.63) is 54.1 Å². The maximum Gasteiger partial charge on any atom is 0.170 e. The Hall–Kier alpha value is -2.26. The van der Waals surface area contributed by atoms with Crippen LogP contribution in [-0.2, 0) is 11.2 Å². The van der Waals surface area contributed by atoms with Gasteiger partial charge in [0.15, 0.2) is 5.11 Å². The average molecular weight is 456 g/mol. The number of fused-ring (bicyclic) bond motifs is 1. The van der Waals surface area contributed by atoms with Gasteiger partial charge in [-0.1, -0.05) is 24.3 Å². The summed E-state index contributed by atoms with van der Waals surface area (Å²) in [5.74, 6) is 1.15. The van der Waals surface area contributed by atoms with Gasteiger partial charge in [-0.3, -0.25) is 4.90 Å². The number of rotatable bonds is 8. The molecule has 0 spiro atoms. The van der Waals surface area contributed by atoms with Crippen molar-refractivity contribution in [1.82, 2.24) is 14.6 Å². The van der Waals surface area contributed by atoms with E-state index in [0.29, 0.717) is 18.3 Å². The van der Waals surface area contributed by atoms with Crippen LogP contribution in [0.15, 0.2) is 48.5 Å². The molecule has 2 heterocycles. The summed E-state index contributed by atoms with van der Waals surface area (Å²) < 4.78 is 11.0. The Morgan fingerprint density at radius 2 is 1.87 bits per heavy atom. The van der Waals surface area contributed by atoms with Crippen molar-refractivity contribution >= 4 is 50.5 Å². The summed E-state index contributed by atoms with van der Waals surface area (Å²) in [5, 5.41) is 8.23. The van der Waals surface area contributed by atoms with Gasteiger partial charge >= 0.3 is 0 Å². The quantitative estimate of drug-likeness (QED) is 0.398. The molecule has 1 fully saturated rings. The summed E-state index contributed by atoms with van der Waals surface area (Å²) in [7, 11) is 1.68. The Labute approximate surface area is 193 Å². The predicted molar refractivity (Wildman–Crippen MR) is 135 cm³/mol. The van der Waals surface area contributed by atoms with Gasteiger partial charge in [0.05, 0.1) is 11.3 Å². The molecule has 0 unspecified atom stereocenters. The average Bonchev–Trinajstić information content (AvgIpc) is 3.23. The van der Waals surface area contributed by atoms with Gasteiger partial charge < -0.3 is 20.3 Å². The molecule has 4 rings (SSSR count). The number of benzene rings is 2. The monoisotopic (exact) mass is 455 g/mol. The molecule has 0 bridgehead atoms. The molecule has 164 valence electrons. The summed E-state index contributed by atoms with van der Waals surface area (Å²) >= 11 is 6.89. The molecule has 1 saturated heterocycles. The lowest BCUT2D eigenvalue weighted by Gasteiger charge is -2.35. The molecule has 1 aliphatic heterocycles. The van der Waals surface area contributed by atoms with Gasteiger partial charge in [0.2, 0.25) is 0 Å². The van der Waals surface area contributed by atoms with E-state index < -0.39 is 0 Å². The summed E-state index contributed by atoms with van der Waals surface area (Å²) in [4.78, 5) is 4.98. The van der Waals surface area contributed by atoms with Crippen LogP contribution < -0.4 is 15.5 Å². The molecule has 6 nitrogen and oxygen atoms in total. The van der Waals surface area contributed by atoms with E-state index in [1.54, 1.807) is 18.6 Å². The molecule has 8 heteroatoms. The van der Waals surface area contributed by atoms with Crippen molar-refractivity contribution in [2.45, 2.75) is 6.42 Å². The van der Waals surface area contributed by atoms with Crippen LogP contribution in [0.5, 0.6) is 0 Å². The van der Waals surface area contributed by atoms with E-state index in [1.807, 2.05) is 0 Å². The van der Waals surface area contributed by atoms with Gasteiger partial charge in [-0.15, -0.1) is 0 Å². The van der Waals surface area contributed by atoms with Crippen LogP contribution in [0.1, 0.15) is 5.56 Å². The molecule has 0 aliphatic carbocycles. The first-order valence-corrected chi connectivity index (χ1v) is 11.9. The van der Waals surface area contributed by atoms with Crippen molar-refractivity contribution in [3.63, 3.8) is 0 Å². The summed E-state index contributed by atoms with van der Waals surface area (Å²) in [5.41, 5.74) is 2.35. The standard InChI is InChI=1S/C23H29N5OS2/c1-29-17-11-24-23(30)25-19-8-6-18(7-9-19)10-12-27-13-15-28(16-14-27)22-20-4-2-3-5-21(20)31-26-22/h2-9H,10-17H2,1H3,(H2,24,25,30). The molecule has 0 amide bonds. The molecule has 31 heavy (non-hydrogen) atoms. The predicted octanol–water partition coefficient (Wildman–Crippen LogP) is 3.59. The van der Waals surface area contributed by atoms with E-state index in [0.717, 1.165) is 50.6 Å². The van der Waals surface area contributed by atoms with Gasteiger partial charge in [-0.2, -0.15) is 4.37 Å². The molecule has 1 aromatic heterocycles. The Bertz CT molecular complexity index is 983. The highest BCUT2D eigenvalue weighted by Crippen LogP contribution is 2.29. The fourth-order valence-corrected chi connectivity index (χ4v) is 4.78. The molecule has 0 atom stereocenters. The van der Waals surface area contributed by atoms with Crippen molar-refractivity contribution in [1.29, 1.82) is 0 Å². The Balaban J connectivity index is 1.21. The van der Waals surface area contributed by atoms with Crippen LogP contribution in [0.4, 0.5) is 11.5 Å². The lowest BCUT2D eigenvalue weighted by Crippen LogP contribution is -2.47. The third-order valence-electron chi connectivity index (χ3n) is 5.55. The minimum absolute atomic E-state index is 0.621. The number of aromatic nitrogens is 1. The van der Waals surface area contributed by atoms with Crippen LogP contribution in [0.2, 0.25) is 0 Å². The van der Waals surface area contributed by atoms with E-state index in [9.17, 15) is 0 Å². The Kier molecular flexibility index (Phi) is 7.69. The molecular weight excluding hydrogens is 426 g/mol. The second-order valence-corrected chi connectivity index (χ2v) is 8.86. The van der Waals surface area contributed by atoms with Crippen molar-refractivity contribution in [2.75, 3.05) is 63.2 Å². The van der Waals surface area contributed by atoms with Gasteiger partial charge in [0.1, 0.15) is 5.82 Å². The summed E-state index contributed by atoms with van der Waals surface area (Å²) in [6.45, 7) is 6.63. The molecule has 2 N–H and O–H groups in total. The zero-order valence-electron chi connectivity index (χ0n) is 17.8. The number of anilines is 2. The topological polar surface area (TPSA) is 52.7 Å². The van der Waals surface area contributed by atoms with Crippen molar-refractivity contribution in [2.24, 2.45) is 0 Å². The number of methoxy groups -OCH3 is 1. The summed E-state index contributed by atoms with van der Waals surface area (Å²) in [6, 6.07) is 17.0. The molecular formula is C23H29N5OS2. The Morgan fingerprint density at radius 1 is 1.10 bits per heavy atom. The van der Waals surface area contributed by atoms with E-state index in [-0.39, 0.29) is 0 Å². The van der Waals surface area contributed by atoms with E-state index >= 15 is 0 Å². The number of nitrogens with zero attached hydrogens (tertiary/aromatic N) is 3. The second kappa shape index (κ2) is 10.9. The third-order valence-corrected chi connectivity index (χ3v) is 6.61. The van der Waals surface area contributed by atoms with Crippen molar-refractivity contribution in [3.8, 4) is 0 Å². The van der Waals surface area contributed by atoms with E-state index in [2.05, 4.69) is 69.0 Å². The van der Waals surface area contributed by atoms with Crippen LogP contribution >= 0.6 is 23.8 Å². The fraction of sp³-hybridized carbons (Fsp3) is 0.391. The summed E-state index contributed by atoms with van der Waals surface area (Å²) in [6.07, 6.45) is 1.05. The maximum atomic E-state index is 5.29. The smallest absolute Gasteiger partial charge is 0.170 e. The van der Waals surface area contributed by atoms with Crippen LogP contribution in [-0.4, -0.2) is 67.4 Å². The van der Waals surface area contributed by atoms with Gasteiger partial charge in [0, 0.05) is 57.5 Å². The maximum absolute atomic E-state index is 5.29. The number of piperazine rings is 1. The van der Waals surface area contributed by atoms with Crippen LogP contribution in [0.3, 0.4) is 0 Å². The van der Waals surface area contributed by atoms with Gasteiger partial charge in [-0.05, 0) is 60.0 Å². The molecule has 0 saturated carbocycles. The minimum Gasteiger partial charge on any atom is -0.383 e. The SMILES string of the molecule is COCCNC(=S)Nc1ccc(CCN2CCN(c3nsc4ccccc34)CC2)cc1. The highest BCUT2D eigenvalue weighted by Gasteiger charge is 2.20. The molecule has 0 radical (unpaired) electrons. The normalized spacial score (nSPS) is 14.7. The number of hydrogen-bond donors (Lipinski definition) is 2. The third kappa shape index (κ3) is 5.92. The largest absolute Gasteiger partial charge is 0.383 e. The highest BCUT2D eigenvalue weighted by molar-refractivity contribution is 7.80. The number of nitrogens with one attached hydrogen (secondary N) is 2. The molecule has 2 aromatic carbocycles. The van der Waals surface area contributed by atoms with E-state index in [4.69, 9.17) is 21.3 Å². The number of thiocarbonyl (C=S) groups is 1. The van der Waals surface area contributed by atoms with E-state index in [1.165, 1.54) is 15.6 Å². The minimum atomic E-state index is 0.621. The Morgan fingerprint density at radius 3 is 2.65 bits per heavy atom. The van der Waals surface area contributed by atoms with Crippen molar-refractivity contribution < 1.29 is 4.74 Å². The molecule has 1 aliphatic rings. The first-order valence-electron chi connectivity index (χ1n) is 10.7. The first kappa shape index (κ1) is 22.0. The van der Waals surface area contributed by atoms with Gasteiger partial charge in [0.25, 0.3) is 0 Å². The second-order valence-electron chi connectivity index (χ2n) is 7.65. The van der Waals surface area contributed by atoms with Gasteiger partial charge in [-0.25, -0.2) is 0 Å². The lowest BCUT2D eigenvalue weighted by molar-refractivity contribution is 0.204. The highest BCUT2D eigenvalue weighted by atomic mass is 32.1. The number of hydrogen-bond acceptors (Lipinski definition) is 6. The lowest BCUT2D eigenvalue weighted by atomic mass is 10.1. The van der Waals surface area contributed by atoms with Crippen LogP contribution in [0, 0.1) is 0 Å². The fourth-order valence-electron chi connectivity index (χ4n) is 3.77.